The first-order valence-electron chi connectivity index (χ1n) is 3.43. The predicted molar refractivity (Wildman–Crippen MR) is 45.3 cm³/mol. The molecule has 0 aliphatic carbocycles. The Labute approximate surface area is 75.0 Å². The van der Waals surface area contributed by atoms with Crippen LogP contribution in [0.1, 0.15) is 11.4 Å². The second-order valence-corrected chi connectivity index (χ2v) is 2.93. The van der Waals surface area contributed by atoms with Crippen molar-refractivity contribution in [1.82, 2.24) is 4.98 Å². The number of carbonyl (C=O) groups is 1. The van der Waals surface area contributed by atoms with Gasteiger partial charge in [-0.2, -0.15) is 0 Å². The molecule has 64 valence electrons. The number of carboxylic acids is 1. The van der Waals surface area contributed by atoms with E-state index in [0.29, 0.717) is 10.7 Å². The van der Waals surface area contributed by atoms with Gasteiger partial charge < -0.3 is 5.11 Å². The lowest BCUT2D eigenvalue weighted by atomic mass is 10.2. The number of rotatable bonds is 2. The van der Waals surface area contributed by atoms with E-state index >= 15 is 0 Å². The lowest BCUT2D eigenvalue weighted by Gasteiger charge is -1.98. The third-order valence-corrected chi connectivity index (χ3v) is 1.52. The fourth-order valence-corrected chi connectivity index (χ4v) is 1.22. The number of hydrogen-bond acceptors (Lipinski definition) is 2. The van der Waals surface area contributed by atoms with Crippen molar-refractivity contribution in [2.75, 3.05) is 0 Å². The minimum absolute atomic E-state index is 0.0819. The molecular weight excluding hydrogens is 178 g/mol. The first-order chi connectivity index (χ1) is 5.58. The number of halogens is 1. The quantitative estimate of drug-likeness (QED) is 0.763. The first kappa shape index (κ1) is 9.00. The molecular formula is C8H8ClNO2. The van der Waals surface area contributed by atoms with Gasteiger partial charge in [0.15, 0.2) is 0 Å². The van der Waals surface area contributed by atoms with E-state index in [0.717, 1.165) is 5.69 Å². The van der Waals surface area contributed by atoms with Gasteiger partial charge in [-0.3, -0.25) is 9.78 Å². The summed E-state index contributed by atoms with van der Waals surface area (Å²) < 4.78 is 0. The summed E-state index contributed by atoms with van der Waals surface area (Å²) in [6, 6.07) is 3.25. The van der Waals surface area contributed by atoms with Crippen LogP contribution in [0, 0.1) is 6.92 Å². The molecule has 0 bridgehead atoms. The standard InChI is InChI=1S/C8H8ClNO2/c1-5-2-6(9)3-7(10-5)4-8(11)12/h2-3H,4H2,1H3,(H,11,12). The third-order valence-electron chi connectivity index (χ3n) is 1.30. The maximum absolute atomic E-state index is 10.3. The van der Waals surface area contributed by atoms with E-state index in [-0.39, 0.29) is 6.42 Å². The fraction of sp³-hybridized carbons (Fsp3) is 0.250. The number of carboxylic acid groups (broad SMARTS) is 1. The molecule has 1 heterocycles. The van der Waals surface area contributed by atoms with Gasteiger partial charge in [-0.1, -0.05) is 11.6 Å². The van der Waals surface area contributed by atoms with Crippen LogP contribution in [0.15, 0.2) is 12.1 Å². The van der Waals surface area contributed by atoms with Gasteiger partial charge in [0.05, 0.1) is 12.1 Å². The molecule has 0 unspecified atom stereocenters. The molecule has 0 aromatic carbocycles. The second-order valence-electron chi connectivity index (χ2n) is 2.49. The molecule has 4 heteroatoms. The van der Waals surface area contributed by atoms with E-state index < -0.39 is 5.97 Å². The fourth-order valence-electron chi connectivity index (χ4n) is 0.937. The topological polar surface area (TPSA) is 50.2 Å². The highest BCUT2D eigenvalue weighted by atomic mass is 35.5. The Bertz CT molecular complexity index is 292. The number of hydrogen-bond donors (Lipinski definition) is 1. The van der Waals surface area contributed by atoms with E-state index in [1.54, 1.807) is 19.1 Å². The summed E-state index contributed by atoms with van der Waals surface area (Å²) in [6.45, 7) is 1.78. The predicted octanol–water partition coefficient (Wildman–Crippen LogP) is 1.67. The highest BCUT2D eigenvalue weighted by Crippen LogP contribution is 2.11. The summed E-state index contributed by atoms with van der Waals surface area (Å²) in [6.07, 6.45) is -0.0819. The number of nitrogens with zero attached hydrogens (tertiary/aromatic N) is 1. The molecule has 12 heavy (non-hydrogen) atoms. The number of pyridine rings is 1. The lowest BCUT2D eigenvalue weighted by molar-refractivity contribution is -0.136. The van der Waals surface area contributed by atoms with Crippen LogP contribution in [0.25, 0.3) is 0 Å². The maximum atomic E-state index is 10.3. The second kappa shape index (κ2) is 3.54. The van der Waals surface area contributed by atoms with E-state index in [4.69, 9.17) is 16.7 Å². The summed E-state index contributed by atoms with van der Waals surface area (Å²) in [5.41, 5.74) is 1.23. The zero-order chi connectivity index (χ0) is 9.14. The normalized spacial score (nSPS) is 9.83. The zero-order valence-electron chi connectivity index (χ0n) is 6.54. The molecule has 0 atom stereocenters. The van der Waals surface area contributed by atoms with E-state index in [9.17, 15) is 4.79 Å². The maximum Gasteiger partial charge on any atom is 0.309 e. The summed E-state index contributed by atoms with van der Waals surface area (Å²) >= 11 is 5.70. The summed E-state index contributed by atoms with van der Waals surface area (Å²) in [5, 5.41) is 8.99. The molecule has 1 aromatic heterocycles. The van der Waals surface area contributed by atoms with Crippen LogP contribution >= 0.6 is 11.6 Å². The van der Waals surface area contributed by atoms with Crippen molar-refractivity contribution in [1.29, 1.82) is 0 Å². The van der Waals surface area contributed by atoms with Gasteiger partial charge in [0.2, 0.25) is 0 Å². The van der Waals surface area contributed by atoms with Crippen LogP contribution in [0.2, 0.25) is 5.02 Å². The van der Waals surface area contributed by atoms with Crippen molar-refractivity contribution < 1.29 is 9.90 Å². The largest absolute Gasteiger partial charge is 0.481 e. The number of aromatic nitrogens is 1. The Morgan fingerprint density at radius 1 is 1.67 bits per heavy atom. The number of aliphatic carboxylic acids is 1. The third kappa shape index (κ3) is 2.51. The van der Waals surface area contributed by atoms with Crippen molar-refractivity contribution in [2.24, 2.45) is 0 Å². The van der Waals surface area contributed by atoms with Crippen LogP contribution in [0.5, 0.6) is 0 Å². The van der Waals surface area contributed by atoms with Gasteiger partial charge in [-0.15, -0.1) is 0 Å². The Kier molecular flexibility index (Phi) is 2.65. The lowest BCUT2D eigenvalue weighted by Crippen LogP contribution is -2.02. The summed E-state index contributed by atoms with van der Waals surface area (Å²) in [7, 11) is 0. The molecule has 0 amide bonds. The molecule has 1 N–H and O–H groups in total. The molecule has 0 radical (unpaired) electrons. The van der Waals surface area contributed by atoms with Gasteiger partial charge in [-0.05, 0) is 19.1 Å². The molecule has 1 rings (SSSR count). The Hall–Kier alpha value is -1.09. The Balaban J connectivity index is 2.93. The zero-order valence-corrected chi connectivity index (χ0v) is 7.30. The minimum atomic E-state index is -0.899. The van der Waals surface area contributed by atoms with Gasteiger partial charge in [-0.25, -0.2) is 0 Å². The van der Waals surface area contributed by atoms with Crippen LogP contribution in [0.4, 0.5) is 0 Å². The van der Waals surface area contributed by atoms with Gasteiger partial charge in [0, 0.05) is 10.7 Å². The van der Waals surface area contributed by atoms with Crippen LogP contribution in [0.3, 0.4) is 0 Å². The molecule has 0 spiro atoms. The van der Waals surface area contributed by atoms with Crippen molar-refractivity contribution in [2.45, 2.75) is 13.3 Å². The molecule has 0 aliphatic rings. The van der Waals surface area contributed by atoms with Gasteiger partial charge in [0.1, 0.15) is 0 Å². The van der Waals surface area contributed by atoms with Crippen molar-refractivity contribution in [3.63, 3.8) is 0 Å². The van der Waals surface area contributed by atoms with Crippen molar-refractivity contribution in [3.8, 4) is 0 Å². The monoisotopic (exact) mass is 185 g/mol. The molecule has 0 saturated carbocycles. The van der Waals surface area contributed by atoms with Crippen LogP contribution in [-0.2, 0) is 11.2 Å². The summed E-state index contributed by atoms with van der Waals surface area (Å²) in [4.78, 5) is 14.3. The van der Waals surface area contributed by atoms with E-state index in [2.05, 4.69) is 4.98 Å². The molecule has 1 aromatic rings. The Morgan fingerprint density at radius 3 is 2.83 bits per heavy atom. The molecule has 3 nitrogen and oxygen atoms in total. The van der Waals surface area contributed by atoms with E-state index in [1.165, 1.54) is 0 Å². The average Bonchev–Trinajstić information content (AvgIpc) is 1.81. The van der Waals surface area contributed by atoms with Crippen LogP contribution in [-0.4, -0.2) is 16.1 Å². The van der Waals surface area contributed by atoms with Crippen molar-refractivity contribution >= 4 is 17.6 Å². The highest BCUT2D eigenvalue weighted by molar-refractivity contribution is 6.30. The molecule has 0 fully saturated rings. The average molecular weight is 186 g/mol. The number of aryl methyl sites for hydroxylation is 1. The Morgan fingerprint density at radius 2 is 2.33 bits per heavy atom. The van der Waals surface area contributed by atoms with Crippen LogP contribution < -0.4 is 0 Å². The van der Waals surface area contributed by atoms with E-state index in [1.807, 2.05) is 0 Å². The van der Waals surface area contributed by atoms with Crippen molar-refractivity contribution in [3.05, 3.63) is 28.5 Å². The first-order valence-corrected chi connectivity index (χ1v) is 3.80. The minimum Gasteiger partial charge on any atom is -0.481 e. The summed E-state index contributed by atoms with van der Waals surface area (Å²) in [5.74, 6) is -0.899. The highest BCUT2D eigenvalue weighted by Gasteiger charge is 2.03. The smallest absolute Gasteiger partial charge is 0.309 e. The molecule has 0 saturated heterocycles. The molecule has 0 aliphatic heterocycles. The van der Waals surface area contributed by atoms with Gasteiger partial charge >= 0.3 is 5.97 Å². The van der Waals surface area contributed by atoms with Gasteiger partial charge in [0.25, 0.3) is 0 Å². The SMILES string of the molecule is Cc1cc(Cl)cc(CC(=O)O)n1.